The van der Waals surface area contributed by atoms with Crippen molar-refractivity contribution in [2.45, 2.75) is 19.3 Å². The fourth-order valence-electron chi connectivity index (χ4n) is 2.16. The molecule has 2 rings (SSSR count). The molecule has 16 heavy (non-hydrogen) atoms. The van der Waals surface area contributed by atoms with Crippen molar-refractivity contribution in [3.8, 4) is 0 Å². The van der Waals surface area contributed by atoms with Crippen LogP contribution in [-0.2, 0) is 7.05 Å². The van der Waals surface area contributed by atoms with Gasteiger partial charge in [-0.25, -0.2) is 0 Å². The molecule has 0 bridgehead atoms. The summed E-state index contributed by atoms with van der Waals surface area (Å²) in [5, 5.41) is 7.52. The second-order valence-corrected chi connectivity index (χ2v) is 4.44. The van der Waals surface area contributed by atoms with Gasteiger partial charge in [-0.1, -0.05) is 0 Å². The number of rotatable bonds is 5. The Hall–Kier alpha value is -1.23. The van der Waals surface area contributed by atoms with E-state index in [-0.39, 0.29) is 0 Å². The standard InChI is InChI=1S/C11H21N5/c1-15-9-10(12)11(14-15)13-5-4-8-16-6-2-3-7-16/h9H,2-8,12H2,1H3,(H,13,14). The van der Waals surface area contributed by atoms with Crippen LogP contribution in [0.4, 0.5) is 11.5 Å². The highest BCUT2D eigenvalue weighted by molar-refractivity contribution is 5.59. The number of likely N-dealkylation sites (tertiary alicyclic amines) is 1. The van der Waals surface area contributed by atoms with Gasteiger partial charge in [0.15, 0.2) is 5.82 Å². The molecule has 1 fully saturated rings. The normalized spacial score (nSPS) is 16.8. The number of nitrogens with one attached hydrogen (secondary N) is 1. The SMILES string of the molecule is Cn1cc(N)c(NCCCN2CCCC2)n1. The van der Waals surface area contributed by atoms with E-state index in [4.69, 9.17) is 5.73 Å². The largest absolute Gasteiger partial charge is 0.394 e. The molecule has 3 N–H and O–H groups in total. The molecule has 0 aromatic carbocycles. The molecule has 5 nitrogen and oxygen atoms in total. The monoisotopic (exact) mass is 223 g/mol. The topological polar surface area (TPSA) is 59.1 Å². The van der Waals surface area contributed by atoms with Crippen LogP contribution < -0.4 is 11.1 Å². The maximum absolute atomic E-state index is 5.79. The van der Waals surface area contributed by atoms with Gasteiger partial charge in [0.25, 0.3) is 0 Å². The van der Waals surface area contributed by atoms with Gasteiger partial charge < -0.3 is 16.0 Å². The Morgan fingerprint density at radius 1 is 1.44 bits per heavy atom. The first-order chi connectivity index (χ1) is 7.75. The zero-order valence-electron chi connectivity index (χ0n) is 9.95. The number of aromatic nitrogens is 2. The fraction of sp³-hybridized carbons (Fsp3) is 0.727. The molecule has 0 atom stereocenters. The Morgan fingerprint density at radius 3 is 2.81 bits per heavy atom. The summed E-state index contributed by atoms with van der Waals surface area (Å²) in [6.07, 6.45) is 5.69. The third kappa shape index (κ3) is 2.88. The number of nitrogen functional groups attached to an aromatic ring is 1. The van der Waals surface area contributed by atoms with E-state index >= 15 is 0 Å². The molecule has 1 aliphatic heterocycles. The van der Waals surface area contributed by atoms with E-state index in [1.54, 1.807) is 4.68 Å². The van der Waals surface area contributed by atoms with E-state index in [1.165, 1.54) is 32.5 Å². The lowest BCUT2D eigenvalue weighted by Crippen LogP contribution is -2.22. The highest BCUT2D eigenvalue weighted by Crippen LogP contribution is 2.14. The molecular weight excluding hydrogens is 202 g/mol. The Labute approximate surface area is 96.6 Å². The molecule has 5 heteroatoms. The second-order valence-electron chi connectivity index (χ2n) is 4.44. The summed E-state index contributed by atoms with van der Waals surface area (Å²) < 4.78 is 1.73. The maximum atomic E-state index is 5.79. The summed E-state index contributed by atoms with van der Waals surface area (Å²) in [6.45, 7) is 4.66. The zero-order chi connectivity index (χ0) is 11.4. The molecule has 0 saturated carbocycles. The Bertz CT molecular complexity index is 327. The van der Waals surface area contributed by atoms with Crippen molar-refractivity contribution < 1.29 is 0 Å². The first-order valence-corrected chi connectivity index (χ1v) is 6.01. The lowest BCUT2D eigenvalue weighted by atomic mass is 10.4. The number of nitrogens with two attached hydrogens (primary N) is 1. The lowest BCUT2D eigenvalue weighted by Gasteiger charge is -2.14. The first-order valence-electron chi connectivity index (χ1n) is 6.01. The fourth-order valence-corrected chi connectivity index (χ4v) is 2.16. The maximum Gasteiger partial charge on any atom is 0.171 e. The van der Waals surface area contributed by atoms with Crippen molar-refractivity contribution >= 4 is 11.5 Å². The van der Waals surface area contributed by atoms with Gasteiger partial charge in [-0.3, -0.25) is 4.68 Å². The average molecular weight is 223 g/mol. The van der Waals surface area contributed by atoms with Gasteiger partial charge in [-0.05, 0) is 38.9 Å². The minimum atomic E-state index is 0.726. The zero-order valence-corrected chi connectivity index (χ0v) is 9.95. The number of nitrogens with zero attached hydrogens (tertiary/aromatic N) is 3. The van der Waals surface area contributed by atoms with E-state index in [2.05, 4.69) is 15.3 Å². The van der Waals surface area contributed by atoms with Crippen LogP contribution in [0.15, 0.2) is 6.20 Å². The van der Waals surface area contributed by atoms with Gasteiger partial charge in [0.1, 0.15) is 0 Å². The Balaban J connectivity index is 1.65. The summed E-state index contributed by atoms with van der Waals surface area (Å²) in [5.74, 6) is 0.809. The predicted molar refractivity (Wildman–Crippen MR) is 66.4 cm³/mol. The van der Waals surface area contributed by atoms with Crippen molar-refractivity contribution in [2.24, 2.45) is 7.05 Å². The van der Waals surface area contributed by atoms with E-state index in [0.29, 0.717) is 0 Å². The molecule has 0 amide bonds. The van der Waals surface area contributed by atoms with Crippen molar-refractivity contribution in [3.63, 3.8) is 0 Å². The van der Waals surface area contributed by atoms with Gasteiger partial charge in [-0.2, -0.15) is 5.10 Å². The molecule has 1 aromatic heterocycles. The number of anilines is 2. The molecule has 2 heterocycles. The van der Waals surface area contributed by atoms with Crippen LogP contribution >= 0.6 is 0 Å². The molecule has 1 aromatic rings. The quantitative estimate of drug-likeness (QED) is 0.728. The van der Waals surface area contributed by atoms with Crippen LogP contribution in [0.2, 0.25) is 0 Å². The van der Waals surface area contributed by atoms with Gasteiger partial charge in [0, 0.05) is 19.8 Å². The third-order valence-electron chi connectivity index (χ3n) is 3.00. The summed E-state index contributed by atoms with van der Waals surface area (Å²) in [4.78, 5) is 2.52. The third-order valence-corrected chi connectivity index (χ3v) is 3.00. The highest BCUT2D eigenvalue weighted by Gasteiger charge is 2.10. The summed E-state index contributed by atoms with van der Waals surface area (Å²) in [7, 11) is 1.88. The summed E-state index contributed by atoms with van der Waals surface area (Å²) in [6, 6.07) is 0. The summed E-state index contributed by atoms with van der Waals surface area (Å²) in [5.41, 5.74) is 6.52. The van der Waals surface area contributed by atoms with Gasteiger partial charge in [-0.15, -0.1) is 0 Å². The highest BCUT2D eigenvalue weighted by atomic mass is 15.3. The van der Waals surface area contributed by atoms with Crippen molar-refractivity contribution in [3.05, 3.63) is 6.20 Å². The van der Waals surface area contributed by atoms with E-state index < -0.39 is 0 Å². The Kier molecular flexibility index (Phi) is 3.66. The van der Waals surface area contributed by atoms with Crippen LogP contribution in [0.5, 0.6) is 0 Å². The van der Waals surface area contributed by atoms with Gasteiger partial charge >= 0.3 is 0 Å². The molecule has 90 valence electrons. The lowest BCUT2D eigenvalue weighted by molar-refractivity contribution is 0.337. The molecule has 0 spiro atoms. The average Bonchev–Trinajstić information content (AvgIpc) is 2.84. The molecular formula is C11H21N5. The molecule has 1 aliphatic rings. The van der Waals surface area contributed by atoms with Crippen LogP contribution in [0.3, 0.4) is 0 Å². The van der Waals surface area contributed by atoms with E-state index in [9.17, 15) is 0 Å². The van der Waals surface area contributed by atoms with Crippen molar-refractivity contribution in [2.75, 3.05) is 37.2 Å². The minimum Gasteiger partial charge on any atom is -0.394 e. The first kappa shape index (κ1) is 11.3. The molecule has 0 radical (unpaired) electrons. The molecule has 0 unspecified atom stereocenters. The number of hydrogen-bond donors (Lipinski definition) is 2. The number of aryl methyl sites for hydroxylation is 1. The van der Waals surface area contributed by atoms with Gasteiger partial charge in [0.2, 0.25) is 0 Å². The van der Waals surface area contributed by atoms with Gasteiger partial charge in [0.05, 0.1) is 5.69 Å². The molecule has 0 aliphatic carbocycles. The van der Waals surface area contributed by atoms with E-state index in [1.807, 2.05) is 13.2 Å². The van der Waals surface area contributed by atoms with Crippen molar-refractivity contribution in [1.29, 1.82) is 0 Å². The van der Waals surface area contributed by atoms with Crippen molar-refractivity contribution in [1.82, 2.24) is 14.7 Å². The number of hydrogen-bond acceptors (Lipinski definition) is 4. The minimum absolute atomic E-state index is 0.726. The van der Waals surface area contributed by atoms with Crippen LogP contribution in [0, 0.1) is 0 Å². The Morgan fingerprint density at radius 2 is 2.19 bits per heavy atom. The second kappa shape index (κ2) is 5.21. The van der Waals surface area contributed by atoms with E-state index in [0.717, 1.165) is 24.5 Å². The molecule has 1 saturated heterocycles. The summed E-state index contributed by atoms with van der Waals surface area (Å²) >= 11 is 0. The van der Waals surface area contributed by atoms with Crippen LogP contribution in [0.1, 0.15) is 19.3 Å². The predicted octanol–water partition coefficient (Wildman–Crippen LogP) is 0.900. The smallest absolute Gasteiger partial charge is 0.171 e. The van der Waals surface area contributed by atoms with Crippen LogP contribution in [0.25, 0.3) is 0 Å². The van der Waals surface area contributed by atoms with Crippen LogP contribution in [-0.4, -0.2) is 40.9 Å².